The van der Waals surface area contributed by atoms with Crippen LogP contribution in [0, 0.1) is 5.82 Å². The first-order chi connectivity index (χ1) is 12.5. The summed E-state index contributed by atoms with van der Waals surface area (Å²) < 4.78 is 18.7. The van der Waals surface area contributed by atoms with Crippen molar-refractivity contribution in [2.45, 2.75) is 50.9 Å². The van der Waals surface area contributed by atoms with Gasteiger partial charge in [0.15, 0.2) is 0 Å². The summed E-state index contributed by atoms with van der Waals surface area (Å²) in [5.74, 6) is -0.424. The van der Waals surface area contributed by atoms with Crippen LogP contribution in [0.15, 0.2) is 24.3 Å². The van der Waals surface area contributed by atoms with Gasteiger partial charge >= 0.3 is 6.03 Å². The number of halogens is 1. The molecule has 0 bridgehead atoms. The number of carbonyl (C=O) groups is 2. The van der Waals surface area contributed by atoms with Crippen molar-refractivity contribution in [1.82, 2.24) is 10.6 Å². The van der Waals surface area contributed by atoms with Crippen molar-refractivity contribution < 1.29 is 23.8 Å². The lowest BCUT2D eigenvalue weighted by molar-refractivity contribution is -0.128. The summed E-state index contributed by atoms with van der Waals surface area (Å²) in [5, 5.41) is 17.7. The average molecular weight is 367 g/mol. The van der Waals surface area contributed by atoms with E-state index >= 15 is 0 Å². The standard InChI is InChI=1S/C18H26FN3O4/c1-2-17(24)22-15-8-7-14(26-16(15)11-23)9-10-20-18(25)21-13-5-3-12(19)4-6-13/h3-6,14-16,23H,2,7-11H2,1H3,(H,22,24)(H2,20,21,25)/t14-,15-,16-/m1/s1. The average Bonchev–Trinajstić information content (AvgIpc) is 2.64. The zero-order valence-electron chi connectivity index (χ0n) is 14.8. The highest BCUT2D eigenvalue weighted by molar-refractivity contribution is 5.89. The predicted molar refractivity (Wildman–Crippen MR) is 95.2 cm³/mol. The third kappa shape index (κ3) is 6.27. The fourth-order valence-corrected chi connectivity index (χ4v) is 2.87. The predicted octanol–water partition coefficient (Wildman–Crippen LogP) is 1.77. The second-order valence-electron chi connectivity index (χ2n) is 6.26. The van der Waals surface area contributed by atoms with Gasteiger partial charge < -0.3 is 25.8 Å². The molecule has 1 saturated heterocycles. The van der Waals surface area contributed by atoms with E-state index in [2.05, 4.69) is 16.0 Å². The summed E-state index contributed by atoms with van der Waals surface area (Å²) >= 11 is 0. The number of aliphatic hydroxyl groups excluding tert-OH is 1. The Morgan fingerprint density at radius 1 is 1.27 bits per heavy atom. The minimum absolute atomic E-state index is 0.0605. The Kier molecular flexibility index (Phi) is 7.80. The minimum Gasteiger partial charge on any atom is -0.394 e. The van der Waals surface area contributed by atoms with Crippen LogP contribution >= 0.6 is 0 Å². The summed E-state index contributed by atoms with van der Waals surface area (Å²) in [4.78, 5) is 23.3. The Hall–Kier alpha value is -2.19. The maximum absolute atomic E-state index is 12.8. The van der Waals surface area contributed by atoms with Gasteiger partial charge in [-0.25, -0.2) is 9.18 Å². The van der Waals surface area contributed by atoms with Crippen molar-refractivity contribution in [3.05, 3.63) is 30.1 Å². The largest absolute Gasteiger partial charge is 0.394 e. The van der Waals surface area contributed by atoms with Crippen molar-refractivity contribution in [2.24, 2.45) is 0 Å². The van der Waals surface area contributed by atoms with Crippen LogP contribution < -0.4 is 16.0 Å². The number of nitrogens with one attached hydrogen (secondary N) is 3. The van der Waals surface area contributed by atoms with Gasteiger partial charge in [0.25, 0.3) is 0 Å². The number of hydrogen-bond acceptors (Lipinski definition) is 4. The number of rotatable bonds is 7. The van der Waals surface area contributed by atoms with E-state index in [-0.39, 0.29) is 36.5 Å². The molecule has 4 N–H and O–H groups in total. The number of ether oxygens (including phenoxy) is 1. The van der Waals surface area contributed by atoms with Crippen LogP contribution in [0.5, 0.6) is 0 Å². The molecule has 3 amide bonds. The first kappa shape index (κ1) is 20.1. The van der Waals surface area contributed by atoms with E-state index in [1.54, 1.807) is 6.92 Å². The van der Waals surface area contributed by atoms with E-state index in [0.717, 1.165) is 12.8 Å². The first-order valence-corrected chi connectivity index (χ1v) is 8.88. The molecule has 0 unspecified atom stereocenters. The van der Waals surface area contributed by atoms with Crippen LogP contribution in [0.25, 0.3) is 0 Å². The van der Waals surface area contributed by atoms with Crippen molar-refractivity contribution in [3.63, 3.8) is 0 Å². The van der Waals surface area contributed by atoms with E-state index in [0.29, 0.717) is 25.1 Å². The summed E-state index contributed by atoms with van der Waals surface area (Å²) in [5.41, 5.74) is 0.507. The molecule has 1 aromatic carbocycles. The van der Waals surface area contributed by atoms with Gasteiger partial charge in [-0.3, -0.25) is 4.79 Å². The van der Waals surface area contributed by atoms with Gasteiger partial charge in [0.2, 0.25) is 5.91 Å². The molecule has 144 valence electrons. The maximum Gasteiger partial charge on any atom is 0.319 e. The molecule has 2 rings (SSSR count). The molecule has 1 aliphatic rings. The van der Waals surface area contributed by atoms with E-state index < -0.39 is 6.10 Å². The monoisotopic (exact) mass is 367 g/mol. The summed E-state index contributed by atoms with van der Waals surface area (Å²) in [7, 11) is 0. The molecule has 3 atom stereocenters. The number of urea groups is 1. The number of carbonyl (C=O) groups excluding carboxylic acids is 2. The molecule has 1 heterocycles. The third-order valence-corrected chi connectivity index (χ3v) is 4.32. The van der Waals surface area contributed by atoms with Crippen LogP contribution in [-0.2, 0) is 9.53 Å². The normalized spacial score (nSPS) is 22.5. The minimum atomic E-state index is -0.433. The van der Waals surface area contributed by atoms with Gasteiger partial charge in [-0.1, -0.05) is 6.92 Å². The van der Waals surface area contributed by atoms with E-state index in [4.69, 9.17) is 4.74 Å². The highest BCUT2D eigenvalue weighted by Crippen LogP contribution is 2.21. The Labute approximate surface area is 152 Å². The molecule has 7 nitrogen and oxygen atoms in total. The van der Waals surface area contributed by atoms with Gasteiger partial charge in [-0.2, -0.15) is 0 Å². The Bertz CT molecular complexity index is 597. The van der Waals surface area contributed by atoms with Crippen molar-refractivity contribution in [1.29, 1.82) is 0 Å². The highest BCUT2D eigenvalue weighted by atomic mass is 19.1. The van der Waals surface area contributed by atoms with Gasteiger partial charge in [0.05, 0.1) is 18.8 Å². The molecule has 0 spiro atoms. The number of hydrogen-bond donors (Lipinski definition) is 4. The SMILES string of the molecule is CCC(=O)N[C@@H]1CC[C@H](CCNC(=O)Nc2ccc(F)cc2)O[C@@H]1CO. The molecular weight excluding hydrogens is 341 g/mol. The maximum atomic E-state index is 12.8. The van der Waals surface area contributed by atoms with Crippen molar-refractivity contribution in [3.8, 4) is 0 Å². The Balaban J connectivity index is 1.70. The lowest BCUT2D eigenvalue weighted by Gasteiger charge is -2.36. The third-order valence-electron chi connectivity index (χ3n) is 4.32. The topological polar surface area (TPSA) is 99.7 Å². The molecule has 26 heavy (non-hydrogen) atoms. The number of aliphatic hydroxyl groups is 1. The molecule has 0 saturated carbocycles. The molecule has 0 aliphatic carbocycles. The summed E-state index contributed by atoms with van der Waals surface area (Å²) in [6.07, 6.45) is 1.94. The van der Waals surface area contributed by atoms with Gasteiger partial charge in [0.1, 0.15) is 11.9 Å². The molecule has 1 aromatic rings. The summed E-state index contributed by atoms with van der Waals surface area (Å²) in [6.45, 7) is 2.02. The summed E-state index contributed by atoms with van der Waals surface area (Å²) in [6, 6.07) is 4.95. The molecule has 0 radical (unpaired) electrons. The molecule has 0 aromatic heterocycles. The second kappa shape index (κ2) is 10.1. The number of benzene rings is 1. The zero-order valence-corrected chi connectivity index (χ0v) is 14.8. The van der Waals surface area contributed by atoms with E-state index in [1.807, 2.05) is 0 Å². The van der Waals surface area contributed by atoms with E-state index in [1.165, 1.54) is 24.3 Å². The molecule has 8 heteroatoms. The number of anilines is 1. The van der Waals surface area contributed by atoms with Crippen LogP contribution in [0.3, 0.4) is 0 Å². The fourth-order valence-electron chi connectivity index (χ4n) is 2.87. The molecule has 1 fully saturated rings. The molecule has 1 aliphatic heterocycles. The van der Waals surface area contributed by atoms with Gasteiger partial charge in [0, 0.05) is 18.7 Å². The fraction of sp³-hybridized carbons (Fsp3) is 0.556. The first-order valence-electron chi connectivity index (χ1n) is 8.88. The number of amides is 3. The Morgan fingerprint density at radius 3 is 2.65 bits per heavy atom. The van der Waals surface area contributed by atoms with E-state index in [9.17, 15) is 19.1 Å². The lowest BCUT2D eigenvalue weighted by Crippen LogP contribution is -2.51. The Morgan fingerprint density at radius 2 is 2.00 bits per heavy atom. The van der Waals surface area contributed by atoms with Crippen LogP contribution in [0.4, 0.5) is 14.9 Å². The highest BCUT2D eigenvalue weighted by Gasteiger charge is 2.31. The quantitative estimate of drug-likeness (QED) is 0.590. The smallest absolute Gasteiger partial charge is 0.319 e. The van der Waals surface area contributed by atoms with Crippen LogP contribution in [-0.4, -0.2) is 48.4 Å². The van der Waals surface area contributed by atoms with Crippen LogP contribution in [0.2, 0.25) is 0 Å². The second-order valence-corrected chi connectivity index (χ2v) is 6.26. The lowest BCUT2D eigenvalue weighted by atomic mass is 9.97. The van der Waals surface area contributed by atoms with Crippen LogP contribution in [0.1, 0.15) is 32.6 Å². The zero-order chi connectivity index (χ0) is 18.9. The molecular formula is C18H26FN3O4. The van der Waals surface area contributed by atoms with Gasteiger partial charge in [-0.05, 0) is 43.5 Å². The van der Waals surface area contributed by atoms with Gasteiger partial charge in [-0.15, -0.1) is 0 Å². The van der Waals surface area contributed by atoms with Crippen molar-refractivity contribution >= 4 is 17.6 Å². The van der Waals surface area contributed by atoms with Crippen molar-refractivity contribution in [2.75, 3.05) is 18.5 Å².